The summed E-state index contributed by atoms with van der Waals surface area (Å²) < 4.78 is 6.28. The number of hydrogen-bond donors (Lipinski definition) is 1. The van der Waals surface area contributed by atoms with E-state index in [4.69, 9.17) is 10.5 Å². The van der Waals surface area contributed by atoms with Crippen molar-refractivity contribution < 1.29 is 4.74 Å². The third kappa shape index (κ3) is 3.94. The van der Waals surface area contributed by atoms with Gasteiger partial charge < -0.3 is 10.5 Å². The Morgan fingerprint density at radius 2 is 2.00 bits per heavy atom. The number of hydrogen-bond acceptors (Lipinski definition) is 3. The maximum atomic E-state index is 5.96. The van der Waals surface area contributed by atoms with E-state index in [1.54, 1.807) is 7.11 Å². The van der Waals surface area contributed by atoms with Crippen LogP contribution in [0.1, 0.15) is 31.2 Å². The fourth-order valence-electron chi connectivity index (χ4n) is 2.77. The Balaban J connectivity index is 1.95. The summed E-state index contributed by atoms with van der Waals surface area (Å²) in [6.45, 7) is 0.975. The largest absolute Gasteiger partial charge is 0.496 e. The van der Waals surface area contributed by atoms with Crippen LogP contribution in [0.2, 0.25) is 0 Å². The first-order chi connectivity index (χ1) is 9.10. The highest BCUT2D eigenvalue weighted by Crippen LogP contribution is 2.27. The van der Waals surface area contributed by atoms with Gasteiger partial charge in [0.05, 0.1) is 11.6 Å². The molecule has 1 aliphatic rings. The zero-order valence-electron chi connectivity index (χ0n) is 11.7. The van der Waals surface area contributed by atoms with Gasteiger partial charge in [-0.05, 0) is 66.4 Å². The molecule has 1 aromatic rings. The molecule has 2 N–H and O–H groups in total. The molecule has 1 saturated carbocycles. The van der Waals surface area contributed by atoms with Crippen LogP contribution in [-0.2, 0) is 6.54 Å². The number of methoxy groups -OCH3 is 1. The first kappa shape index (κ1) is 14.8. The SMILES string of the molecule is COc1ccc(CN(C)C2CCC(N)CC2)cc1Br. The summed E-state index contributed by atoms with van der Waals surface area (Å²) in [5.74, 6) is 0.884. The molecule has 1 fully saturated rings. The van der Waals surface area contributed by atoms with Crippen molar-refractivity contribution in [2.45, 2.75) is 44.3 Å². The van der Waals surface area contributed by atoms with E-state index in [1.807, 2.05) is 6.07 Å². The molecule has 106 valence electrons. The highest BCUT2D eigenvalue weighted by molar-refractivity contribution is 9.10. The van der Waals surface area contributed by atoms with Crippen LogP contribution in [0.4, 0.5) is 0 Å². The lowest BCUT2D eigenvalue weighted by Crippen LogP contribution is -2.38. The lowest BCUT2D eigenvalue weighted by molar-refractivity contribution is 0.176. The summed E-state index contributed by atoms with van der Waals surface area (Å²) in [5.41, 5.74) is 7.27. The molecule has 0 saturated heterocycles. The van der Waals surface area contributed by atoms with Crippen LogP contribution in [0, 0.1) is 0 Å². The molecule has 3 nitrogen and oxygen atoms in total. The predicted molar refractivity (Wildman–Crippen MR) is 82.4 cm³/mol. The quantitative estimate of drug-likeness (QED) is 0.923. The van der Waals surface area contributed by atoms with Crippen LogP contribution in [0.5, 0.6) is 5.75 Å². The van der Waals surface area contributed by atoms with E-state index < -0.39 is 0 Å². The van der Waals surface area contributed by atoms with E-state index in [9.17, 15) is 0 Å². The number of ether oxygens (including phenoxy) is 1. The van der Waals surface area contributed by atoms with Crippen molar-refractivity contribution in [2.24, 2.45) is 5.73 Å². The fourth-order valence-corrected chi connectivity index (χ4v) is 3.36. The Kier molecular flexibility index (Phi) is 5.25. The van der Waals surface area contributed by atoms with Crippen molar-refractivity contribution >= 4 is 15.9 Å². The van der Waals surface area contributed by atoms with Gasteiger partial charge in [-0.3, -0.25) is 4.90 Å². The Hall–Kier alpha value is -0.580. The van der Waals surface area contributed by atoms with Gasteiger partial charge in [-0.1, -0.05) is 6.07 Å². The van der Waals surface area contributed by atoms with Gasteiger partial charge in [-0.2, -0.15) is 0 Å². The van der Waals surface area contributed by atoms with Crippen LogP contribution in [0.15, 0.2) is 22.7 Å². The lowest BCUT2D eigenvalue weighted by Gasteiger charge is -2.33. The van der Waals surface area contributed by atoms with Crippen molar-refractivity contribution in [3.63, 3.8) is 0 Å². The maximum Gasteiger partial charge on any atom is 0.133 e. The number of nitrogens with two attached hydrogens (primary N) is 1. The van der Waals surface area contributed by atoms with Gasteiger partial charge in [0.15, 0.2) is 0 Å². The normalized spacial score (nSPS) is 23.6. The second kappa shape index (κ2) is 6.73. The zero-order valence-corrected chi connectivity index (χ0v) is 13.3. The van der Waals surface area contributed by atoms with E-state index in [-0.39, 0.29) is 0 Å². The first-order valence-corrected chi connectivity index (χ1v) is 7.67. The Morgan fingerprint density at radius 1 is 1.32 bits per heavy atom. The number of benzene rings is 1. The van der Waals surface area contributed by atoms with Crippen LogP contribution in [0.25, 0.3) is 0 Å². The van der Waals surface area contributed by atoms with Crippen LogP contribution < -0.4 is 10.5 Å². The van der Waals surface area contributed by atoms with E-state index in [1.165, 1.54) is 18.4 Å². The van der Waals surface area contributed by atoms with Crippen molar-refractivity contribution in [1.29, 1.82) is 0 Å². The number of halogens is 1. The monoisotopic (exact) mass is 326 g/mol. The highest BCUT2D eigenvalue weighted by atomic mass is 79.9. The van der Waals surface area contributed by atoms with Crippen molar-refractivity contribution in [2.75, 3.05) is 14.2 Å². The average Bonchev–Trinajstić information content (AvgIpc) is 2.39. The van der Waals surface area contributed by atoms with Gasteiger partial charge in [-0.25, -0.2) is 0 Å². The summed E-state index contributed by atoms with van der Waals surface area (Å²) in [6.07, 6.45) is 4.74. The Morgan fingerprint density at radius 3 is 2.58 bits per heavy atom. The number of rotatable bonds is 4. The summed E-state index contributed by atoms with van der Waals surface area (Å²) in [7, 11) is 3.90. The van der Waals surface area contributed by atoms with Crippen LogP contribution >= 0.6 is 15.9 Å². The molecule has 2 rings (SSSR count). The molecular formula is C15H23BrN2O. The molecule has 0 radical (unpaired) electrons. The van der Waals surface area contributed by atoms with E-state index in [0.717, 1.165) is 29.6 Å². The standard InChI is InChI=1S/C15H23BrN2O/c1-18(13-6-4-12(17)5-7-13)10-11-3-8-15(19-2)14(16)9-11/h3,8-9,12-13H,4-7,10,17H2,1-2H3. The minimum absolute atomic E-state index is 0.416. The highest BCUT2D eigenvalue weighted by Gasteiger charge is 2.21. The van der Waals surface area contributed by atoms with Crippen molar-refractivity contribution in [3.05, 3.63) is 28.2 Å². The van der Waals surface area contributed by atoms with Gasteiger partial charge in [0.1, 0.15) is 5.75 Å². The van der Waals surface area contributed by atoms with Crippen molar-refractivity contribution in [1.82, 2.24) is 4.90 Å². The summed E-state index contributed by atoms with van der Waals surface area (Å²) >= 11 is 3.54. The minimum atomic E-state index is 0.416. The molecule has 19 heavy (non-hydrogen) atoms. The Bertz CT molecular complexity index is 417. The maximum absolute atomic E-state index is 5.96. The molecule has 0 bridgehead atoms. The second-order valence-corrected chi connectivity index (χ2v) is 6.31. The van der Waals surface area contributed by atoms with E-state index in [0.29, 0.717) is 12.1 Å². The van der Waals surface area contributed by atoms with Gasteiger partial charge in [0.25, 0.3) is 0 Å². The Labute approximate surface area is 124 Å². The topological polar surface area (TPSA) is 38.5 Å². The summed E-state index contributed by atoms with van der Waals surface area (Å²) in [4.78, 5) is 2.44. The van der Waals surface area contributed by atoms with E-state index in [2.05, 4.69) is 40.0 Å². The van der Waals surface area contributed by atoms with E-state index >= 15 is 0 Å². The van der Waals surface area contributed by atoms with Crippen LogP contribution in [-0.4, -0.2) is 31.1 Å². The summed E-state index contributed by atoms with van der Waals surface area (Å²) in [6, 6.07) is 7.38. The lowest BCUT2D eigenvalue weighted by atomic mass is 9.91. The smallest absolute Gasteiger partial charge is 0.133 e. The molecule has 4 heteroatoms. The third-order valence-electron chi connectivity index (χ3n) is 4.01. The molecule has 0 atom stereocenters. The average molecular weight is 327 g/mol. The molecule has 0 amide bonds. The number of nitrogens with zero attached hydrogens (tertiary/aromatic N) is 1. The van der Waals surface area contributed by atoms with Gasteiger partial charge in [0, 0.05) is 18.6 Å². The van der Waals surface area contributed by atoms with Gasteiger partial charge in [-0.15, -0.1) is 0 Å². The molecule has 0 aliphatic heterocycles. The molecule has 1 aromatic carbocycles. The van der Waals surface area contributed by atoms with Gasteiger partial charge >= 0.3 is 0 Å². The zero-order chi connectivity index (χ0) is 13.8. The minimum Gasteiger partial charge on any atom is -0.496 e. The fraction of sp³-hybridized carbons (Fsp3) is 0.600. The predicted octanol–water partition coefficient (Wildman–Crippen LogP) is 3.16. The molecular weight excluding hydrogens is 304 g/mol. The molecule has 0 unspecified atom stereocenters. The molecule has 0 heterocycles. The van der Waals surface area contributed by atoms with Crippen LogP contribution in [0.3, 0.4) is 0 Å². The van der Waals surface area contributed by atoms with Crippen molar-refractivity contribution in [3.8, 4) is 5.75 Å². The van der Waals surface area contributed by atoms with Gasteiger partial charge in [0.2, 0.25) is 0 Å². The first-order valence-electron chi connectivity index (χ1n) is 6.88. The molecule has 1 aliphatic carbocycles. The third-order valence-corrected chi connectivity index (χ3v) is 4.63. The molecule has 0 spiro atoms. The molecule has 0 aromatic heterocycles. The second-order valence-electron chi connectivity index (χ2n) is 5.45. The summed E-state index contributed by atoms with van der Waals surface area (Å²) in [5, 5.41) is 0.